The molecular weight excluding hydrogens is 478 g/mol. The van der Waals surface area contributed by atoms with E-state index >= 15 is 4.39 Å². The summed E-state index contributed by atoms with van der Waals surface area (Å²) in [5.41, 5.74) is 1.11. The monoisotopic (exact) mass is 510 g/mol. The van der Waals surface area contributed by atoms with Gasteiger partial charge >= 0.3 is 0 Å². The standard InChI is InChI=1S/C27H32F2N6O2/c1-26-7-4-8-27(2,34-26)15-19(14-26)35(10-9-28)23-6-5-21(31-32-23)25-20(29)11-17(12-22(25)36)18-13-24(37-3)33-30-16-18/h5-6,11-13,16,19,34,36H,4,7-10,14-15H2,1-3H3/t19-,26-,27+. The van der Waals surface area contributed by atoms with Gasteiger partial charge in [-0.05, 0) is 75.8 Å². The Kier molecular flexibility index (Phi) is 6.70. The Morgan fingerprint density at radius 1 is 1.08 bits per heavy atom. The zero-order valence-corrected chi connectivity index (χ0v) is 21.3. The van der Waals surface area contributed by atoms with Gasteiger partial charge < -0.3 is 20.1 Å². The number of hydrogen-bond acceptors (Lipinski definition) is 8. The molecule has 0 radical (unpaired) electrons. The van der Waals surface area contributed by atoms with Crippen molar-refractivity contribution in [3.05, 3.63) is 42.3 Å². The van der Waals surface area contributed by atoms with E-state index in [9.17, 15) is 9.50 Å². The van der Waals surface area contributed by atoms with Crippen molar-refractivity contribution in [3.63, 3.8) is 0 Å². The SMILES string of the molecule is COc1cc(-c2cc(O)c(-c3ccc(N(CCF)[C@H]4C[C@]5(C)CCC[C@](C)(C4)N5)nn3)c(F)c2)cnn1. The molecule has 10 heteroatoms. The van der Waals surface area contributed by atoms with E-state index in [0.29, 0.717) is 16.9 Å². The van der Waals surface area contributed by atoms with Gasteiger partial charge in [0.05, 0.1) is 24.6 Å². The molecular formula is C27H32F2N6O2. The molecule has 1 aromatic carbocycles. The lowest BCUT2D eigenvalue weighted by atomic mass is 9.69. The molecule has 0 amide bonds. The van der Waals surface area contributed by atoms with Crippen LogP contribution in [0.2, 0.25) is 0 Å². The maximum absolute atomic E-state index is 15.2. The van der Waals surface area contributed by atoms with Gasteiger partial charge in [-0.2, -0.15) is 5.10 Å². The number of ether oxygens (including phenoxy) is 1. The van der Waals surface area contributed by atoms with Crippen LogP contribution in [0.3, 0.4) is 0 Å². The van der Waals surface area contributed by atoms with Crippen molar-refractivity contribution >= 4 is 5.82 Å². The number of nitrogens with one attached hydrogen (secondary N) is 1. The minimum atomic E-state index is -0.652. The van der Waals surface area contributed by atoms with E-state index in [2.05, 4.69) is 39.6 Å². The van der Waals surface area contributed by atoms with Crippen molar-refractivity contribution in [3.8, 4) is 34.0 Å². The summed E-state index contributed by atoms with van der Waals surface area (Å²) in [6, 6.07) is 7.80. The molecule has 2 aliphatic heterocycles. The topological polar surface area (TPSA) is 96.3 Å². The number of halogens is 2. The zero-order chi connectivity index (χ0) is 26.2. The predicted octanol–water partition coefficient (Wildman–Crippen LogP) is 4.68. The number of rotatable bonds is 7. The van der Waals surface area contributed by atoms with Crippen LogP contribution >= 0.6 is 0 Å². The molecule has 0 unspecified atom stereocenters. The van der Waals surface area contributed by atoms with Crippen molar-refractivity contribution in [1.29, 1.82) is 0 Å². The number of phenols is 1. The molecule has 5 rings (SSSR count). The Bertz CT molecular complexity index is 1240. The third-order valence-corrected chi connectivity index (χ3v) is 7.64. The number of aromatic hydroxyl groups is 1. The number of nitrogens with zero attached hydrogens (tertiary/aromatic N) is 5. The van der Waals surface area contributed by atoms with Crippen molar-refractivity contribution in [1.82, 2.24) is 25.7 Å². The molecule has 3 aromatic rings. The minimum Gasteiger partial charge on any atom is -0.507 e. The highest BCUT2D eigenvalue weighted by molar-refractivity contribution is 5.75. The number of fused-ring (bicyclic) bond motifs is 2. The van der Waals surface area contributed by atoms with Crippen LogP contribution in [-0.2, 0) is 0 Å². The van der Waals surface area contributed by atoms with E-state index in [4.69, 9.17) is 4.74 Å². The van der Waals surface area contributed by atoms with Crippen molar-refractivity contribution in [2.45, 2.75) is 63.1 Å². The average molecular weight is 511 g/mol. The van der Waals surface area contributed by atoms with E-state index in [1.54, 1.807) is 18.2 Å². The Morgan fingerprint density at radius 3 is 2.46 bits per heavy atom. The van der Waals surface area contributed by atoms with Crippen molar-refractivity contribution in [2.75, 3.05) is 25.2 Å². The third-order valence-electron chi connectivity index (χ3n) is 7.64. The Morgan fingerprint density at radius 2 is 1.84 bits per heavy atom. The number of alkyl halides is 1. The summed E-state index contributed by atoms with van der Waals surface area (Å²) >= 11 is 0. The molecule has 2 aliphatic rings. The van der Waals surface area contributed by atoms with Crippen LogP contribution in [0.25, 0.3) is 22.4 Å². The number of methoxy groups -OCH3 is 1. The van der Waals surface area contributed by atoms with Crippen LogP contribution in [0.15, 0.2) is 36.5 Å². The molecule has 8 nitrogen and oxygen atoms in total. The lowest BCUT2D eigenvalue weighted by Gasteiger charge is -2.55. The first-order valence-corrected chi connectivity index (χ1v) is 12.6. The normalized spacial score (nSPS) is 25.1. The highest BCUT2D eigenvalue weighted by atomic mass is 19.1. The number of piperidine rings is 2. The minimum absolute atomic E-state index is 0.00284. The molecule has 2 N–H and O–H groups in total. The van der Waals surface area contributed by atoms with Crippen LogP contribution in [0.5, 0.6) is 11.6 Å². The molecule has 2 bridgehead atoms. The maximum atomic E-state index is 15.2. The molecule has 196 valence electrons. The van der Waals surface area contributed by atoms with Crippen LogP contribution in [0.4, 0.5) is 14.6 Å². The molecule has 2 aromatic heterocycles. The van der Waals surface area contributed by atoms with Gasteiger partial charge in [-0.25, -0.2) is 8.78 Å². The molecule has 4 heterocycles. The van der Waals surface area contributed by atoms with Gasteiger partial charge in [0.2, 0.25) is 5.88 Å². The lowest BCUT2D eigenvalue weighted by molar-refractivity contribution is 0.0767. The molecule has 0 spiro atoms. The quantitative estimate of drug-likeness (QED) is 0.473. The molecule has 0 aliphatic carbocycles. The number of anilines is 1. The first kappa shape index (κ1) is 25.3. The van der Waals surface area contributed by atoms with Gasteiger partial charge in [0.25, 0.3) is 0 Å². The van der Waals surface area contributed by atoms with Gasteiger partial charge in [0.15, 0.2) is 5.82 Å². The van der Waals surface area contributed by atoms with Gasteiger partial charge in [-0.15, -0.1) is 15.3 Å². The summed E-state index contributed by atoms with van der Waals surface area (Å²) < 4.78 is 33.9. The molecule has 37 heavy (non-hydrogen) atoms. The van der Waals surface area contributed by atoms with E-state index < -0.39 is 12.5 Å². The second-order valence-electron chi connectivity index (χ2n) is 10.7. The van der Waals surface area contributed by atoms with Gasteiger partial charge in [0, 0.05) is 35.3 Å². The van der Waals surface area contributed by atoms with Crippen LogP contribution in [0, 0.1) is 5.82 Å². The largest absolute Gasteiger partial charge is 0.507 e. The summed E-state index contributed by atoms with van der Waals surface area (Å²) in [4.78, 5) is 1.99. The maximum Gasteiger partial charge on any atom is 0.233 e. The van der Waals surface area contributed by atoms with Gasteiger partial charge in [0.1, 0.15) is 18.2 Å². The second kappa shape index (κ2) is 9.81. The lowest BCUT2D eigenvalue weighted by Crippen LogP contribution is -2.67. The average Bonchev–Trinajstić information content (AvgIpc) is 2.86. The first-order valence-electron chi connectivity index (χ1n) is 12.6. The fraction of sp³-hybridized carbons (Fsp3) is 0.481. The van der Waals surface area contributed by atoms with E-state index in [1.807, 2.05) is 4.90 Å². The fourth-order valence-corrected chi connectivity index (χ4v) is 6.17. The Labute approximate surface area is 215 Å². The summed E-state index contributed by atoms with van der Waals surface area (Å²) in [5.74, 6) is -0.105. The molecule has 2 fully saturated rings. The van der Waals surface area contributed by atoms with E-state index in [-0.39, 0.29) is 46.6 Å². The smallest absolute Gasteiger partial charge is 0.233 e. The van der Waals surface area contributed by atoms with Crippen LogP contribution in [0.1, 0.15) is 46.0 Å². The fourth-order valence-electron chi connectivity index (χ4n) is 6.17. The summed E-state index contributed by atoms with van der Waals surface area (Å²) in [6.07, 6.45) is 6.59. The van der Waals surface area contributed by atoms with Crippen molar-refractivity contribution in [2.24, 2.45) is 0 Å². The van der Waals surface area contributed by atoms with E-state index in [1.165, 1.54) is 31.9 Å². The highest BCUT2D eigenvalue weighted by Crippen LogP contribution is 2.42. The van der Waals surface area contributed by atoms with Crippen molar-refractivity contribution < 1.29 is 18.6 Å². The Balaban J connectivity index is 1.42. The summed E-state index contributed by atoms with van der Waals surface area (Å²) in [6.45, 7) is 4.19. The number of aromatic nitrogens is 4. The van der Waals surface area contributed by atoms with Crippen LogP contribution in [-0.4, -0.2) is 63.0 Å². The zero-order valence-electron chi connectivity index (χ0n) is 21.3. The molecule has 0 saturated carbocycles. The Hall–Kier alpha value is -3.40. The molecule has 3 atom stereocenters. The number of hydrogen-bond donors (Lipinski definition) is 2. The van der Waals surface area contributed by atoms with Gasteiger partial charge in [-0.1, -0.05) is 0 Å². The first-order chi connectivity index (χ1) is 17.7. The third kappa shape index (κ3) is 5.07. The van der Waals surface area contributed by atoms with E-state index in [0.717, 1.165) is 25.7 Å². The number of benzene rings is 1. The molecule has 2 saturated heterocycles. The van der Waals surface area contributed by atoms with Crippen LogP contribution < -0.4 is 15.0 Å². The number of phenolic OH excluding ortho intramolecular Hbond substituents is 1. The second-order valence-corrected chi connectivity index (χ2v) is 10.7. The summed E-state index contributed by atoms with van der Waals surface area (Å²) in [7, 11) is 1.46. The summed E-state index contributed by atoms with van der Waals surface area (Å²) in [5, 5.41) is 30.7. The highest BCUT2D eigenvalue weighted by Gasteiger charge is 2.47. The predicted molar refractivity (Wildman–Crippen MR) is 137 cm³/mol. The van der Waals surface area contributed by atoms with Gasteiger partial charge in [-0.3, -0.25) is 0 Å².